The number of hydrogen-bond donors (Lipinski definition) is 1. The van der Waals surface area contributed by atoms with E-state index in [4.69, 9.17) is 18.8 Å². The first-order valence-corrected chi connectivity index (χ1v) is 13.9. The topological polar surface area (TPSA) is 181 Å². The van der Waals surface area contributed by atoms with Gasteiger partial charge in [-0.05, 0) is 46.4 Å². The Morgan fingerprint density at radius 3 is 1.84 bits per heavy atom. The Morgan fingerprint density at radius 2 is 1.49 bits per heavy atom. The number of hydrogen-bond acceptors (Lipinski definition) is 13. The summed E-state index contributed by atoms with van der Waals surface area (Å²) >= 11 is 0. The Balaban J connectivity index is 0. The highest BCUT2D eigenvalue weighted by atomic mass is 32.2. The van der Waals surface area contributed by atoms with Crippen LogP contribution in [0.2, 0.25) is 0 Å². The number of epoxide rings is 1. The van der Waals surface area contributed by atoms with Crippen molar-refractivity contribution in [3.63, 3.8) is 0 Å². The molecular formula is C29H40O13S. The van der Waals surface area contributed by atoms with Crippen molar-refractivity contribution in [2.45, 2.75) is 38.7 Å². The van der Waals surface area contributed by atoms with E-state index in [0.29, 0.717) is 24.4 Å². The van der Waals surface area contributed by atoms with Gasteiger partial charge in [0.2, 0.25) is 0 Å². The van der Waals surface area contributed by atoms with Gasteiger partial charge in [-0.15, -0.1) is 0 Å². The molecule has 0 saturated carbocycles. The van der Waals surface area contributed by atoms with Gasteiger partial charge in [-0.1, -0.05) is 37.4 Å². The van der Waals surface area contributed by atoms with E-state index in [0.717, 1.165) is 11.6 Å². The molecule has 0 spiro atoms. The van der Waals surface area contributed by atoms with Gasteiger partial charge in [0.05, 0.1) is 25.2 Å². The number of rotatable bonds is 12. The van der Waals surface area contributed by atoms with Crippen LogP contribution in [0.15, 0.2) is 78.5 Å². The van der Waals surface area contributed by atoms with Gasteiger partial charge >= 0.3 is 23.9 Å². The first kappa shape index (κ1) is 40.9. The third kappa shape index (κ3) is 22.1. The van der Waals surface area contributed by atoms with Crippen molar-refractivity contribution in [3.8, 4) is 0 Å². The molecule has 1 aromatic rings. The zero-order valence-corrected chi connectivity index (χ0v) is 25.9. The first-order chi connectivity index (χ1) is 20.0. The molecule has 2 rings (SSSR count). The number of aliphatic hydroxyl groups is 1. The molecule has 1 fully saturated rings. The minimum atomic E-state index is -3.80. The highest BCUT2D eigenvalue weighted by Gasteiger charge is 2.24. The van der Waals surface area contributed by atoms with Crippen LogP contribution in [0, 0.1) is 6.92 Å². The zero-order valence-electron chi connectivity index (χ0n) is 25.1. The third-order valence-electron chi connectivity index (χ3n) is 4.24. The van der Waals surface area contributed by atoms with Crippen molar-refractivity contribution in [1.82, 2.24) is 0 Å². The second kappa shape index (κ2) is 22.3. The molecule has 1 unspecified atom stereocenters. The van der Waals surface area contributed by atoms with Crippen LogP contribution in [-0.4, -0.2) is 83.6 Å². The molecule has 1 heterocycles. The number of methoxy groups -OCH3 is 1. The van der Waals surface area contributed by atoms with E-state index in [1.54, 1.807) is 32.9 Å². The molecule has 1 aliphatic heterocycles. The second-order valence-corrected chi connectivity index (χ2v) is 9.85. The number of aliphatic hydroxyl groups excluding tert-OH is 1. The van der Waals surface area contributed by atoms with Crippen molar-refractivity contribution >= 4 is 34.0 Å². The summed E-state index contributed by atoms with van der Waals surface area (Å²) in [5.74, 6) is -2.61. The Bertz CT molecular complexity index is 1210. The van der Waals surface area contributed by atoms with E-state index >= 15 is 0 Å². The van der Waals surface area contributed by atoms with E-state index in [1.807, 2.05) is 6.92 Å². The van der Waals surface area contributed by atoms with Crippen molar-refractivity contribution in [3.05, 3.63) is 79.1 Å². The monoisotopic (exact) mass is 628 g/mol. The maximum Gasteiger partial charge on any atom is 0.372 e. The van der Waals surface area contributed by atoms with Gasteiger partial charge in [-0.3, -0.25) is 4.18 Å². The van der Waals surface area contributed by atoms with Crippen LogP contribution in [0.1, 0.15) is 26.3 Å². The average molecular weight is 629 g/mol. The SMILES string of the molecule is C=C(C)C(=O)OC.C=C(C)C(=O)OCC1CO1.C=C(O)C(=O)OCC.C=CC(=O)OCCOS(=O)(=O)c1ccc(C)cc1. The quantitative estimate of drug-likeness (QED) is 0.0678. The minimum absolute atomic E-state index is 0.0724. The molecule has 0 radical (unpaired) electrons. The molecule has 0 bridgehead atoms. The molecule has 13 nitrogen and oxygen atoms in total. The molecule has 1 saturated heterocycles. The van der Waals surface area contributed by atoms with Crippen molar-refractivity contribution in [2.24, 2.45) is 0 Å². The molecule has 1 aromatic carbocycles. The molecular weight excluding hydrogens is 588 g/mol. The van der Waals surface area contributed by atoms with Crippen molar-refractivity contribution in [1.29, 1.82) is 0 Å². The van der Waals surface area contributed by atoms with Crippen LogP contribution < -0.4 is 0 Å². The molecule has 0 amide bonds. The summed E-state index contributed by atoms with van der Waals surface area (Å²) in [6.07, 6.45) is 1.14. The van der Waals surface area contributed by atoms with Gasteiger partial charge < -0.3 is 28.8 Å². The largest absolute Gasteiger partial charge is 0.502 e. The highest BCUT2D eigenvalue weighted by Crippen LogP contribution is 2.13. The normalized spacial score (nSPS) is 12.4. The standard InChI is InChI=1S/C12H14O5S.C7H10O3.C5H8O3.C5H8O2/c1-3-12(13)16-8-9-17-18(14,15)11-6-4-10(2)5-7-11;1-5(2)7(8)10-4-6-3-9-6;1-3-8-5(7)4(2)6;1-4(2)5(6)7-3/h3-7H,1,8-9H2,2H3;6H,1,3-4H2,2H3;6H,2-3H2,1H3;1H2,2-3H3. The predicted molar refractivity (Wildman–Crippen MR) is 156 cm³/mol. The Kier molecular flexibility index (Phi) is 21.2. The molecule has 0 aliphatic carbocycles. The van der Waals surface area contributed by atoms with Gasteiger partial charge in [-0.2, -0.15) is 8.42 Å². The molecule has 43 heavy (non-hydrogen) atoms. The van der Waals surface area contributed by atoms with Gasteiger partial charge in [0.1, 0.15) is 25.9 Å². The lowest BCUT2D eigenvalue weighted by Crippen LogP contribution is -2.13. The summed E-state index contributed by atoms with van der Waals surface area (Å²) in [5.41, 5.74) is 1.82. The number of carbonyl (C=O) groups excluding carboxylic acids is 4. The first-order valence-electron chi connectivity index (χ1n) is 12.5. The zero-order chi connectivity index (χ0) is 33.6. The smallest absolute Gasteiger partial charge is 0.372 e. The molecule has 1 aliphatic rings. The lowest BCUT2D eigenvalue weighted by atomic mass is 10.2. The lowest BCUT2D eigenvalue weighted by molar-refractivity contribution is -0.141. The van der Waals surface area contributed by atoms with Crippen LogP contribution >= 0.6 is 0 Å². The van der Waals surface area contributed by atoms with Gasteiger partial charge in [0.15, 0.2) is 5.76 Å². The maximum absolute atomic E-state index is 11.7. The van der Waals surface area contributed by atoms with Crippen LogP contribution in [-0.2, 0) is 57.2 Å². The maximum atomic E-state index is 11.7. The van der Waals surface area contributed by atoms with Crippen LogP contribution in [0.25, 0.3) is 0 Å². The fourth-order valence-corrected chi connectivity index (χ4v) is 2.86. The van der Waals surface area contributed by atoms with Gasteiger partial charge in [-0.25, -0.2) is 19.2 Å². The van der Waals surface area contributed by atoms with E-state index in [1.165, 1.54) is 19.2 Å². The van der Waals surface area contributed by atoms with E-state index in [-0.39, 0.29) is 42.8 Å². The minimum Gasteiger partial charge on any atom is -0.502 e. The Hall–Kier alpha value is -4.27. The van der Waals surface area contributed by atoms with Crippen molar-refractivity contribution < 1.29 is 60.6 Å². The number of carbonyl (C=O) groups is 4. The molecule has 1 atom stereocenters. The summed E-state index contributed by atoms with van der Waals surface area (Å²) in [5, 5.41) is 8.28. The number of aryl methyl sites for hydroxylation is 1. The lowest BCUT2D eigenvalue weighted by Gasteiger charge is -2.06. The summed E-state index contributed by atoms with van der Waals surface area (Å²) in [7, 11) is -2.47. The van der Waals surface area contributed by atoms with Crippen molar-refractivity contribution in [2.75, 3.05) is 40.1 Å². The van der Waals surface area contributed by atoms with E-state index in [9.17, 15) is 27.6 Å². The molecule has 14 heteroatoms. The van der Waals surface area contributed by atoms with E-state index < -0.39 is 27.8 Å². The van der Waals surface area contributed by atoms with Gasteiger partial charge in [0.25, 0.3) is 10.1 Å². The molecule has 1 N–H and O–H groups in total. The molecule has 0 aromatic heterocycles. The van der Waals surface area contributed by atoms with Gasteiger partial charge in [0, 0.05) is 17.2 Å². The number of benzene rings is 1. The van der Waals surface area contributed by atoms with Crippen LogP contribution in [0.4, 0.5) is 0 Å². The second-order valence-electron chi connectivity index (χ2n) is 8.23. The van der Waals surface area contributed by atoms with Crippen LogP contribution in [0.3, 0.4) is 0 Å². The third-order valence-corrected chi connectivity index (χ3v) is 5.57. The fraction of sp³-hybridized carbons (Fsp3) is 0.379. The number of esters is 4. The number of ether oxygens (including phenoxy) is 5. The Morgan fingerprint density at radius 1 is 0.953 bits per heavy atom. The summed E-state index contributed by atoms with van der Waals surface area (Å²) in [6, 6.07) is 6.27. The van der Waals surface area contributed by atoms with E-state index in [2.05, 4.69) is 40.5 Å². The Labute approximate surface area is 252 Å². The van der Waals surface area contributed by atoms with Crippen LogP contribution in [0.5, 0.6) is 0 Å². The summed E-state index contributed by atoms with van der Waals surface area (Å²) in [6.45, 7) is 20.7. The summed E-state index contributed by atoms with van der Waals surface area (Å²) < 4.78 is 50.8. The summed E-state index contributed by atoms with van der Waals surface area (Å²) in [4.78, 5) is 41.8. The predicted octanol–water partition coefficient (Wildman–Crippen LogP) is 3.29. The average Bonchev–Trinajstić information content (AvgIpc) is 3.79. The highest BCUT2D eigenvalue weighted by molar-refractivity contribution is 7.86. The molecule has 240 valence electrons. The fourth-order valence-electron chi connectivity index (χ4n) is 1.96.